The van der Waals surface area contributed by atoms with Crippen molar-refractivity contribution in [1.29, 1.82) is 0 Å². The van der Waals surface area contributed by atoms with Crippen LogP contribution in [0.1, 0.15) is 5.56 Å². The van der Waals surface area contributed by atoms with E-state index in [0.29, 0.717) is 12.4 Å². The third kappa shape index (κ3) is 3.08. The van der Waals surface area contributed by atoms with Gasteiger partial charge in [0.2, 0.25) is 0 Å². The first-order chi connectivity index (χ1) is 9.24. The summed E-state index contributed by atoms with van der Waals surface area (Å²) < 4.78 is 4.87. The molecule has 0 radical (unpaired) electrons. The molecule has 1 aromatic heterocycles. The van der Waals surface area contributed by atoms with E-state index in [1.807, 2.05) is 24.3 Å². The van der Waals surface area contributed by atoms with Gasteiger partial charge in [0.25, 0.3) is 0 Å². The van der Waals surface area contributed by atoms with Crippen molar-refractivity contribution in [1.82, 2.24) is 4.98 Å². The van der Waals surface area contributed by atoms with Crippen molar-refractivity contribution in [3.05, 3.63) is 48.7 Å². The molecule has 0 spiro atoms. The molecule has 1 heterocycles. The molecule has 2 rings (SSSR count). The van der Waals surface area contributed by atoms with E-state index in [1.165, 1.54) is 6.08 Å². The Morgan fingerprint density at radius 2 is 2.32 bits per heavy atom. The number of pyridine rings is 1. The fraction of sp³-hybridized carbons (Fsp3) is 0.143. The molecule has 0 aliphatic heterocycles. The number of amides is 1. The number of hydrogen-bond acceptors (Lipinski definition) is 4. The topological polar surface area (TPSA) is 77.2 Å². The van der Waals surface area contributed by atoms with Crippen molar-refractivity contribution in [2.24, 2.45) is 5.73 Å². The SMILES string of the molecule is C=CCOC(=O)Nc1nccc2ccc(CN)cc12. The molecule has 3 N–H and O–H groups in total. The van der Waals surface area contributed by atoms with Crippen LogP contribution in [0.5, 0.6) is 0 Å². The van der Waals surface area contributed by atoms with E-state index in [1.54, 1.807) is 6.20 Å². The summed E-state index contributed by atoms with van der Waals surface area (Å²) >= 11 is 0. The lowest BCUT2D eigenvalue weighted by Gasteiger charge is -2.08. The Kier molecular flexibility index (Phi) is 4.10. The van der Waals surface area contributed by atoms with Crippen LogP contribution in [-0.4, -0.2) is 17.7 Å². The van der Waals surface area contributed by atoms with E-state index >= 15 is 0 Å². The minimum atomic E-state index is -0.557. The van der Waals surface area contributed by atoms with Crippen molar-refractivity contribution in [3.63, 3.8) is 0 Å². The first-order valence-corrected chi connectivity index (χ1v) is 5.87. The van der Waals surface area contributed by atoms with E-state index in [0.717, 1.165) is 16.3 Å². The molecular formula is C14H15N3O2. The van der Waals surface area contributed by atoms with Gasteiger partial charge in [-0.2, -0.15) is 0 Å². The Labute approximate surface area is 111 Å². The van der Waals surface area contributed by atoms with Gasteiger partial charge >= 0.3 is 6.09 Å². The highest BCUT2D eigenvalue weighted by Gasteiger charge is 2.07. The Morgan fingerprint density at radius 3 is 3.05 bits per heavy atom. The van der Waals surface area contributed by atoms with Crippen LogP contribution in [0, 0.1) is 0 Å². The first kappa shape index (κ1) is 13.0. The van der Waals surface area contributed by atoms with E-state index < -0.39 is 6.09 Å². The number of hydrogen-bond donors (Lipinski definition) is 2. The third-order valence-corrected chi connectivity index (χ3v) is 2.62. The number of nitrogens with one attached hydrogen (secondary N) is 1. The van der Waals surface area contributed by atoms with Crippen LogP contribution in [-0.2, 0) is 11.3 Å². The molecule has 1 amide bonds. The number of anilines is 1. The number of carbonyl (C=O) groups excluding carboxylic acids is 1. The second-order valence-electron chi connectivity index (χ2n) is 3.93. The zero-order chi connectivity index (χ0) is 13.7. The smallest absolute Gasteiger partial charge is 0.413 e. The molecule has 2 aromatic rings. The van der Waals surface area contributed by atoms with Gasteiger partial charge in [-0.25, -0.2) is 9.78 Å². The second-order valence-corrected chi connectivity index (χ2v) is 3.93. The molecule has 5 heteroatoms. The second kappa shape index (κ2) is 5.97. The molecule has 0 saturated heterocycles. The van der Waals surface area contributed by atoms with Gasteiger partial charge in [0, 0.05) is 18.1 Å². The molecule has 0 aliphatic carbocycles. The van der Waals surface area contributed by atoms with Crippen molar-refractivity contribution in [2.75, 3.05) is 11.9 Å². The van der Waals surface area contributed by atoms with Crippen LogP contribution in [0.2, 0.25) is 0 Å². The first-order valence-electron chi connectivity index (χ1n) is 5.87. The lowest BCUT2D eigenvalue weighted by molar-refractivity contribution is 0.174. The quantitative estimate of drug-likeness (QED) is 0.825. The lowest BCUT2D eigenvalue weighted by atomic mass is 10.1. The maximum absolute atomic E-state index is 11.5. The number of nitrogens with zero attached hydrogens (tertiary/aromatic N) is 1. The van der Waals surface area contributed by atoms with E-state index in [2.05, 4.69) is 16.9 Å². The summed E-state index contributed by atoms with van der Waals surface area (Å²) in [7, 11) is 0. The molecule has 1 aromatic carbocycles. The number of benzene rings is 1. The van der Waals surface area contributed by atoms with Gasteiger partial charge in [-0.3, -0.25) is 5.32 Å². The maximum Gasteiger partial charge on any atom is 0.413 e. The van der Waals surface area contributed by atoms with Crippen LogP contribution in [0.15, 0.2) is 43.1 Å². The summed E-state index contributed by atoms with van der Waals surface area (Å²) in [6, 6.07) is 7.67. The fourth-order valence-electron chi connectivity index (χ4n) is 1.71. The summed E-state index contributed by atoms with van der Waals surface area (Å²) in [6.07, 6.45) is 2.58. The standard InChI is InChI=1S/C14H15N3O2/c1-2-7-19-14(18)17-13-12-8-10(9-15)3-4-11(12)5-6-16-13/h2-6,8H,1,7,9,15H2,(H,16,17,18). The summed E-state index contributed by atoms with van der Waals surface area (Å²) in [6.45, 7) is 4.07. The van der Waals surface area contributed by atoms with Crippen LogP contribution >= 0.6 is 0 Å². The molecule has 0 saturated carbocycles. The molecule has 5 nitrogen and oxygen atoms in total. The number of rotatable bonds is 4. The Bertz CT molecular complexity index is 611. The van der Waals surface area contributed by atoms with Gasteiger partial charge in [-0.15, -0.1) is 0 Å². The average molecular weight is 257 g/mol. The minimum Gasteiger partial charge on any atom is -0.445 e. The molecule has 0 fully saturated rings. The predicted octanol–water partition coefficient (Wildman–Crippen LogP) is 2.43. The van der Waals surface area contributed by atoms with E-state index in [9.17, 15) is 4.79 Å². The molecule has 98 valence electrons. The van der Waals surface area contributed by atoms with Crippen molar-refractivity contribution in [3.8, 4) is 0 Å². The maximum atomic E-state index is 11.5. The third-order valence-electron chi connectivity index (χ3n) is 2.62. The summed E-state index contributed by atoms with van der Waals surface area (Å²) in [4.78, 5) is 15.7. The van der Waals surface area contributed by atoms with Crippen molar-refractivity contribution < 1.29 is 9.53 Å². The zero-order valence-electron chi connectivity index (χ0n) is 10.4. The molecule has 0 aliphatic rings. The van der Waals surface area contributed by atoms with Crippen LogP contribution in [0.4, 0.5) is 10.6 Å². The molecular weight excluding hydrogens is 242 g/mol. The van der Waals surface area contributed by atoms with E-state index in [4.69, 9.17) is 10.5 Å². The average Bonchev–Trinajstić information content (AvgIpc) is 2.45. The summed E-state index contributed by atoms with van der Waals surface area (Å²) in [5.41, 5.74) is 6.59. The molecule has 0 unspecified atom stereocenters. The van der Waals surface area contributed by atoms with Gasteiger partial charge in [-0.1, -0.05) is 24.8 Å². The number of fused-ring (bicyclic) bond motifs is 1. The number of aromatic nitrogens is 1. The fourth-order valence-corrected chi connectivity index (χ4v) is 1.71. The van der Waals surface area contributed by atoms with Gasteiger partial charge in [0.1, 0.15) is 12.4 Å². The van der Waals surface area contributed by atoms with Crippen LogP contribution in [0.25, 0.3) is 10.8 Å². The van der Waals surface area contributed by atoms with Gasteiger partial charge in [0.15, 0.2) is 0 Å². The Balaban J connectivity index is 2.31. The van der Waals surface area contributed by atoms with Crippen LogP contribution < -0.4 is 11.1 Å². The molecule has 19 heavy (non-hydrogen) atoms. The molecule has 0 bridgehead atoms. The number of ether oxygens (including phenoxy) is 1. The van der Waals surface area contributed by atoms with Crippen LogP contribution in [0.3, 0.4) is 0 Å². The van der Waals surface area contributed by atoms with Gasteiger partial charge in [-0.05, 0) is 23.1 Å². The van der Waals surface area contributed by atoms with Crippen molar-refractivity contribution >= 4 is 22.7 Å². The lowest BCUT2D eigenvalue weighted by Crippen LogP contribution is -2.14. The molecule has 0 atom stereocenters. The number of nitrogens with two attached hydrogens (primary N) is 1. The minimum absolute atomic E-state index is 0.157. The Morgan fingerprint density at radius 1 is 1.47 bits per heavy atom. The van der Waals surface area contributed by atoms with Gasteiger partial charge in [0.05, 0.1) is 0 Å². The van der Waals surface area contributed by atoms with Gasteiger partial charge < -0.3 is 10.5 Å². The summed E-state index contributed by atoms with van der Waals surface area (Å²) in [5, 5.41) is 4.42. The monoisotopic (exact) mass is 257 g/mol. The van der Waals surface area contributed by atoms with Crippen molar-refractivity contribution in [2.45, 2.75) is 6.54 Å². The highest BCUT2D eigenvalue weighted by molar-refractivity contribution is 5.98. The zero-order valence-corrected chi connectivity index (χ0v) is 10.4. The largest absolute Gasteiger partial charge is 0.445 e. The Hall–Kier alpha value is -2.40. The highest BCUT2D eigenvalue weighted by Crippen LogP contribution is 2.22. The highest BCUT2D eigenvalue weighted by atomic mass is 16.5. The number of carbonyl (C=O) groups is 1. The van der Waals surface area contributed by atoms with E-state index in [-0.39, 0.29) is 6.61 Å². The normalized spacial score (nSPS) is 10.2. The summed E-state index contributed by atoms with van der Waals surface area (Å²) in [5.74, 6) is 0.460. The predicted molar refractivity (Wildman–Crippen MR) is 74.8 cm³/mol.